The number of nitrogens with one attached hydrogen (secondary N) is 1. The van der Waals surface area contributed by atoms with Gasteiger partial charge >= 0.3 is 0 Å². The van der Waals surface area contributed by atoms with Crippen LogP contribution < -0.4 is 5.32 Å². The Hall–Kier alpha value is -1.41. The third kappa shape index (κ3) is 4.32. The van der Waals surface area contributed by atoms with Crippen LogP contribution in [0.5, 0.6) is 0 Å². The summed E-state index contributed by atoms with van der Waals surface area (Å²) in [5.74, 6) is 1.60. The molecule has 2 unspecified atom stereocenters. The van der Waals surface area contributed by atoms with E-state index >= 15 is 0 Å². The van der Waals surface area contributed by atoms with Crippen LogP contribution in [0.2, 0.25) is 0 Å². The van der Waals surface area contributed by atoms with Crippen molar-refractivity contribution in [3.05, 3.63) is 23.7 Å². The van der Waals surface area contributed by atoms with Gasteiger partial charge in [0.15, 0.2) is 6.10 Å². The molecular formula is C16H24N2O5. The first-order valence-electron chi connectivity index (χ1n) is 8.09. The Morgan fingerprint density at radius 2 is 2.09 bits per heavy atom. The van der Waals surface area contributed by atoms with Crippen LogP contribution in [-0.4, -0.2) is 69.6 Å². The lowest BCUT2D eigenvalue weighted by molar-refractivity contribution is -0.147. The minimum atomic E-state index is -0.521. The molecule has 1 aromatic heterocycles. The molecule has 7 nitrogen and oxygen atoms in total. The lowest BCUT2D eigenvalue weighted by atomic mass is 10.1. The number of nitrogens with zero attached hydrogens (tertiary/aromatic N) is 1. The van der Waals surface area contributed by atoms with Gasteiger partial charge in [0.05, 0.1) is 39.1 Å². The molecule has 3 rings (SSSR count). The smallest absolute Gasteiger partial charge is 0.251 e. The quantitative estimate of drug-likeness (QED) is 0.850. The van der Waals surface area contributed by atoms with E-state index < -0.39 is 6.10 Å². The molecule has 0 saturated carbocycles. The number of furan rings is 1. The zero-order chi connectivity index (χ0) is 16.1. The van der Waals surface area contributed by atoms with Gasteiger partial charge in [-0.25, -0.2) is 0 Å². The molecule has 7 heteroatoms. The van der Waals surface area contributed by atoms with Crippen molar-refractivity contribution in [3.63, 3.8) is 0 Å². The van der Waals surface area contributed by atoms with Gasteiger partial charge in [-0.3, -0.25) is 9.69 Å². The van der Waals surface area contributed by atoms with Gasteiger partial charge in [-0.15, -0.1) is 0 Å². The van der Waals surface area contributed by atoms with E-state index in [1.54, 1.807) is 0 Å². The van der Waals surface area contributed by atoms with Gasteiger partial charge in [0.1, 0.15) is 11.5 Å². The highest BCUT2D eigenvalue weighted by atomic mass is 16.6. The first-order valence-corrected chi connectivity index (χ1v) is 8.09. The van der Waals surface area contributed by atoms with Crippen LogP contribution >= 0.6 is 0 Å². The molecule has 0 spiro atoms. The summed E-state index contributed by atoms with van der Waals surface area (Å²) in [6.07, 6.45) is -0.521. The van der Waals surface area contributed by atoms with E-state index in [1.165, 1.54) is 0 Å². The lowest BCUT2D eigenvalue weighted by Crippen LogP contribution is -2.47. The third-order valence-corrected chi connectivity index (χ3v) is 4.15. The number of morpholine rings is 1. The molecule has 23 heavy (non-hydrogen) atoms. The number of carbonyl (C=O) groups excluding carboxylic acids is 1. The van der Waals surface area contributed by atoms with Crippen molar-refractivity contribution in [1.82, 2.24) is 10.2 Å². The molecule has 3 heterocycles. The molecule has 0 aliphatic carbocycles. The number of aryl methyl sites for hydroxylation is 1. The molecule has 2 atom stereocenters. The zero-order valence-corrected chi connectivity index (χ0v) is 13.5. The van der Waals surface area contributed by atoms with Gasteiger partial charge in [0, 0.05) is 19.6 Å². The lowest BCUT2D eigenvalue weighted by Gasteiger charge is -2.33. The summed E-state index contributed by atoms with van der Waals surface area (Å²) in [6.45, 7) is 6.76. The normalized spacial score (nSPS) is 24.3. The number of hydrogen-bond acceptors (Lipinski definition) is 6. The van der Waals surface area contributed by atoms with E-state index in [0.29, 0.717) is 39.6 Å². The van der Waals surface area contributed by atoms with E-state index in [0.717, 1.165) is 24.6 Å². The van der Waals surface area contributed by atoms with Gasteiger partial charge in [0.25, 0.3) is 5.91 Å². The number of ether oxygens (including phenoxy) is 3. The second kappa shape index (κ2) is 7.92. The van der Waals surface area contributed by atoms with E-state index in [4.69, 9.17) is 18.6 Å². The molecule has 1 N–H and O–H groups in total. The highest BCUT2D eigenvalue weighted by molar-refractivity contribution is 5.81. The Morgan fingerprint density at radius 1 is 1.26 bits per heavy atom. The summed E-state index contributed by atoms with van der Waals surface area (Å²) in [6, 6.07) is 3.92. The van der Waals surface area contributed by atoms with Crippen molar-refractivity contribution in [1.29, 1.82) is 0 Å². The molecule has 2 saturated heterocycles. The SMILES string of the molecule is Cc1ccc(C(CNC(=O)C2COCCO2)N2CCOCC2)o1. The topological polar surface area (TPSA) is 73.2 Å². The Bertz CT molecular complexity index is 506. The van der Waals surface area contributed by atoms with E-state index in [1.807, 2.05) is 19.1 Å². The third-order valence-electron chi connectivity index (χ3n) is 4.15. The van der Waals surface area contributed by atoms with Crippen LogP contribution in [-0.2, 0) is 19.0 Å². The fraction of sp³-hybridized carbons (Fsp3) is 0.688. The van der Waals surface area contributed by atoms with Crippen molar-refractivity contribution in [2.45, 2.75) is 19.1 Å². The largest absolute Gasteiger partial charge is 0.465 e. The monoisotopic (exact) mass is 324 g/mol. The van der Waals surface area contributed by atoms with Crippen LogP contribution in [0, 0.1) is 6.92 Å². The van der Waals surface area contributed by atoms with Crippen LogP contribution in [0.15, 0.2) is 16.5 Å². The van der Waals surface area contributed by atoms with E-state index in [2.05, 4.69) is 10.2 Å². The maximum absolute atomic E-state index is 12.2. The zero-order valence-electron chi connectivity index (χ0n) is 13.5. The first kappa shape index (κ1) is 16.4. The number of rotatable bonds is 5. The predicted molar refractivity (Wildman–Crippen MR) is 82.1 cm³/mol. The highest BCUT2D eigenvalue weighted by Gasteiger charge is 2.28. The second-order valence-corrected chi connectivity index (χ2v) is 5.79. The Kier molecular flexibility index (Phi) is 5.66. The maximum atomic E-state index is 12.2. The molecular weight excluding hydrogens is 300 g/mol. The molecule has 128 valence electrons. The van der Waals surface area contributed by atoms with E-state index in [-0.39, 0.29) is 11.9 Å². The van der Waals surface area contributed by atoms with Gasteiger partial charge in [-0.05, 0) is 19.1 Å². The summed E-state index contributed by atoms with van der Waals surface area (Å²) >= 11 is 0. The van der Waals surface area contributed by atoms with Gasteiger partial charge in [-0.2, -0.15) is 0 Å². The molecule has 2 fully saturated rings. The summed E-state index contributed by atoms with van der Waals surface area (Å²) in [7, 11) is 0. The molecule has 2 aliphatic rings. The number of carbonyl (C=O) groups is 1. The molecule has 0 aromatic carbocycles. The first-order chi connectivity index (χ1) is 11.2. The molecule has 0 bridgehead atoms. The van der Waals surface area contributed by atoms with Crippen molar-refractivity contribution in [2.24, 2.45) is 0 Å². The fourth-order valence-electron chi connectivity index (χ4n) is 2.88. The summed E-state index contributed by atoms with van der Waals surface area (Å²) in [5, 5.41) is 2.97. The Balaban J connectivity index is 1.62. The summed E-state index contributed by atoms with van der Waals surface area (Å²) in [5.41, 5.74) is 0. The Morgan fingerprint density at radius 3 is 2.74 bits per heavy atom. The molecule has 0 radical (unpaired) electrons. The van der Waals surface area contributed by atoms with Gasteiger partial charge < -0.3 is 23.9 Å². The standard InChI is InChI=1S/C16H24N2O5/c1-12-2-3-14(23-12)13(18-4-6-20-7-5-18)10-17-16(19)15-11-21-8-9-22-15/h2-3,13,15H,4-11H2,1H3,(H,17,19). The Labute approximate surface area is 135 Å². The predicted octanol–water partition coefficient (Wildman–Crippen LogP) is 0.493. The van der Waals surface area contributed by atoms with Gasteiger partial charge in [-0.1, -0.05) is 0 Å². The number of hydrogen-bond donors (Lipinski definition) is 1. The van der Waals surface area contributed by atoms with Gasteiger partial charge in [0.2, 0.25) is 0 Å². The maximum Gasteiger partial charge on any atom is 0.251 e. The minimum absolute atomic E-state index is 0.000980. The van der Waals surface area contributed by atoms with Crippen LogP contribution in [0.25, 0.3) is 0 Å². The van der Waals surface area contributed by atoms with Crippen molar-refractivity contribution < 1.29 is 23.4 Å². The van der Waals surface area contributed by atoms with Crippen molar-refractivity contribution in [3.8, 4) is 0 Å². The molecule has 2 aliphatic heterocycles. The van der Waals surface area contributed by atoms with Crippen LogP contribution in [0.3, 0.4) is 0 Å². The van der Waals surface area contributed by atoms with E-state index in [9.17, 15) is 4.79 Å². The van der Waals surface area contributed by atoms with Crippen LogP contribution in [0.1, 0.15) is 17.6 Å². The fourth-order valence-corrected chi connectivity index (χ4v) is 2.88. The minimum Gasteiger partial charge on any atom is -0.465 e. The second-order valence-electron chi connectivity index (χ2n) is 5.79. The van der Waals surface area contributed by atoms with Crippen LogP contribution in [0.4, 0.5) is 0 Å². The van der Waals surface area contributed by atoms with Crippen molar-refractivity contribution >= 4 is 5.91 Å². The average Bonchev–Trinajstić information content (AvgIpc) is 3.03. The number of amides is 1. The molecule has 1 aromatic rings. The molecule has 1 amide bonds. The summed E-state index contributed by atoms with van der Waals surface area (Å²) < 4.78 is 21.9. The summed E-state index contributed by atoms with van der Waals surface area (Å²) in [4.78, 5) is 14.5. The van der Waals surface area contributed by atoms with Crippen molar-refractivity contribution in [2.75, 3.05) is 52.7 Å². The highest BCUT2D eigenvalue weighted by Crippen LogP contribution is 2.23. The average molecular weight is 324 g/mol.